The summed E-state index contributed by atoms with van der Waals surface area (Å²) >= 11 is 5.68. The summed E-state index contributed by atoms with van der Waals surface area (Å²) in [5.74, 6) is -1.12. The molecule has 0 saturated carbocycles. The number of hydrogen-bond donors (Lipinski definition) is 2. The molecule has 0 fully saturated rings. The van der Waals surface area contributed by atoms with Gasteiger partial charge >= 0.3 is 0 Å². The van der Waals surface area contributed by atoms with Crippen molar-refractivity contribution in [1.29, 1.82) is 5.26 Å². The Balaban J connectivity index is 1.77. The lowest BCUT2D eigenvalue weighted by atomic mass is 10.1. The zero-order chi connectivity index (χ0) is 17.1. The van der Waals surface area contributed by atoms with Gasteiger partial charge in [-0.25, -0.2) is 9.82 Å². The van der Waals surface area contributed by atoms with Crippen LogP contribution in [0.3, 0.4) is 0 Å². The largest absolute Gasteiger partial charge is 0.356 e. The third-order valence-corrected chi connectivity index (χ3v) is 3.57. The van der Waals surface area contributed by atoms with E-state index in [2.05, 4.69) is 16.0 Å². The van der Waals surface area contributed by atoms with Crippen LogP contribution in [-0.4, -0.2) is 17.0 Å². The van der Waals surface area contributed by atoms with E-state index in [0.717, 1.165) is 0 Å². The Morgan fingerprint density at radius 1 is 1.33 bits per heavy atom. The Labute approximate surface area is 140 Å². The first-order chi connectivity index (χ1) is 11.6. The molecule has 0 amide bonds. The maximum Gasteiger partial charge on any atom is 0.218 e. The molecular formula is C16H10ClFN4O2. The SMILES string of the molecule is N#CC(NNc1ccc(F)c(Cl)c1)C(=O)c1noc2ccccc12. The van der Waals surface area contributed by atoms with Crippen LogP contribution >= 0.6 is 11.6 Å². The zero-order valence-corrected chi connectivity index (χ0v) is 12.8. The highest BCUT2D eigenvalue weighted by Gasteiger charge is 2.25. The van der Waals surface area contributed by atoms with Crippen LogP contribution in [0.1, 0.15) is 10.5 Å². The molecule has 0 bridgehead atoms. The number of Topliss-reactive ketones (excluding diaryl/α,β-unsaturated/α-hetero) is 1. The van der Waals surface area contributed by atoms with Crippen molar-refractivity contribution in [3.63, 3.8) is 0 Å². The summed E-state index contributed by atoms with van der Waals surface area (Å²) in [6.07, 6.45) is 0. The number of nitrogens with one attached hydrogen (secondary N) is 2. The minimum absolute atomic E-state index is 0.0589. The number of hydrogen-bond acceptors (Lipinski definition) is 6. The van der Waals surface area contributed by atoms with E-state index in [1.165, 1.54) is 18.2 Å². The van der Waals surface area contributed by atoms with Gasteiger partial charge in [0.15, 0.2) is 17.3 Å². The van der Waals surface area contributed by atoms with Crippen LogP contribution in [0.5, 0.6) is 0 Å². The van der Waals surface area contributed by atoms with Gasteiger partial charge in [0.25, 0.3) is 0 Å². The Hall–Kier alpha value is -2.95. The highest BCUT2D eigenvalue weighted by molar-refractivity contribution is 6.31. The van der Waals surface area contributed by atoms with Gasteiger partial charge in [0.1, 0.15) is 5.82 Å². The highest BCUT2D eigenvalue weighted by atomic mass is 35.5. The normalized spacial score (nSPS) is 11.9. The number of hydrazine groups is 1. The first-order valence-electron chi connectivity index (χ1n) is 6.85. The molecule has 3 rings (SSSR count). The van der Waals surface area contributed by atoms with Crippen molar-refractivity contribution in [3.8, 4) is 6.07 Å². The van der Waals surface area contributed by atoms with Crippen LogP contribution in [0.25, 0.3) is 11.0 Å². The summed E-state index contributed by atoms with van der Waals surface area (Å²) in [4.78, 5) is 12.5. The average molecular weight is 345 g/mol. The van der Waals surface area contributed by atoms with E-state index in [4.69, 9.17) is 16.1 Å². The van der Waals surface area contributed by atoms with Gasteiger partial charge < -0.3 is 9.95 Å². The maximum absolute atomic E-state index is 13.1. The molecule has 120 valence electrons. The Morgan fingerprint density at radius 3 is 2.88 bits per heavy atom. The number of fused-ring (bicyclic) bond motifs is 1. The summed E-state index contributed by atoms with van der Waals surface area (Å²) < 4.78 is 18.2. The number of ketones is 1. The maximum atomic E-state index is 13.1. The fraction of sp³-hybridized carbons (Fsp3) is 0.0625. The molecule has 0 aliphatic rings. The minimum atomic E-state index is -1.22. The fourth-order valence-corrected chi connectivity index (χ4v) is 2.27. The topological polar surface area (TPSA) is 91.0 Å². The molecule has 6 nitrogen and oxygen atoms in total. The van der Waals surface area contributed by atoms with Crippen LogP contribution < -0.4 is 10.9 Å². The van der Waals surface area contributed by atoms with Crippen LogP contribution in [-0.2, 0) is 0 Å². The first kappa shape index (κ1) is 15.9. The average Bonchev–Trinajstić information content (AvgIpc) is 3.02. The Kier molecular flexibility index (Phi) is 4.42. The Morgan fingerprint density at radius 2 is 2.12 bits per heavy atom. The molecule has 0 saturated heterocycles. The number of rotatable bonds is 5. The number of nitriles is 1. The smallest absolute Gasteiger partial charge is 0.218 e. The quantitative estimate of drug-likeness (QED) is 0.545. The van der Waals surface area contributed by atoms with Gasteiger partial charge in [0.05, 0.1) is 22.2 Å². The van der Waals surface area contributed by atoms with Crippen LogP contribution in [0.2, 0.25) is 5.02 Å². The molecule has 1 atom stereocenters. The van der Waals surface area contributed by atoms with Gasteiger partial charge in [-0.1, -0.05) is 28.9 Å². The van der Waals surface area contributed by atoms with Crippen molar-refractivity contribution < 1.29 is 13.7 Å². The number of halogens is 2. The van der Waals surface area contributed by atoms with E-state index >= 15 is 0 Å². The van der Waals surface area contributed by atoms with Crippen molar-refractivity contribution in [2.45, 2.75) is 6.04 Å². The number of carbonyl (C=O) groups excluding carboxylic acids is 1. The number of aromatic nitrogens is 1. The molecule has 0 aliphatic heterocycles. The van der Waals surface area contributed by atoms with Crippen molar-refractivity contribution in [2.75, 3.05) is 5.43 Å². The van der Waals surface area contributed by atoms with Crippen LogP contribution in [0, 0.1) is 17.1 Å². The summed E-state index contributed by atoms with van der Waals surface area (Å²) in [5, 5.41) is 13.4. The van der Waals surface area contributed by atoms with Gasteiger partial charge in [-0.2, -0.15) is 5.26 Å². The second kappa shape index (κ2) is 6.66. The minimum Gasteiger partial charge on any atom is -0.356 e. The first-order valence-corrected chi connectivity index (χ1v) is 7.23. The summed E-state index contributed by atoms with van der Waals surface area (Å²) in [5.41, 5.74) is 6.13. The van der Waals surface area contributed by atoms with Crippen molar-refractivity contribution in [2.24, 2.45) is 0 Å². The van der Waals surface area contributed by atoms with Gasteiger partial charge in [-0.15, -0.1) is 0 Å². The molecule has 1 heterocycles. The molecule has 0 aliphatic carbocycles. The van der Waals surface area contributed by atoms with Crippen molar-refractivity contribution in [3.05, 3.63) is 59.0 Å². The van der Waals surface area contributed by atoms with E-state index in [0.29, 0.717) is 16.7 Å². The molecule has 0 spiro atoms. The third-order valence-electron chi connectivity index (χ3n) is 3.28. The van der Waals surface area contributed by atoms with E-state index in [9.17, 15) is 14.4 Å². The summed E-state index contributed by atoms with van der Waals surface area (Å²) in [6.45, 7) is 0. The van der Waals surface area contributed by atoms with E-state index < -0.39 is 17.6 Å². The fourth-order valence-electron chi connectivity index (χ4n) is 2.09. The van der Waals surface area contributed by atoms with E-state index in [1.807, 2.05) is 6.07 Å². The zero-order valence-electron chi connectivity index (χ0n) is 12.1. The highest BCUT2D eigenvalue weighted by Crippen LogP contribution is 2.20. The Bertz CT molecular complexity index is 951. The third kappa shape index (κ3) is 3.06. The van der Waals surface area contributed by atoms with E-state index in [-0.39, 0.29) is 10.7 Å². The molecule has 1 aromatic heterocycles. The standard InChI is InChI=1S/C16H10ClFN4O2/c17-11-7-9(5-6-12(11)18)20-21-13(8-19)16(23)15-10-3-1-2-4-14(10)24-22-15/h1-7,13,20-21H. The molecule has 3 aromatic rings. The molecule has 8 heteroatoms. The van der Waals surface area contributed by atoms with Crippen molar-refractivity contribution >= 4 is 34.0 Å². The van der Waals surface area contributed by atoms with Gasteiger partial charge in [0.2, 0.25) is 5.78 Å². The van der Waals surface area contributed by atoms with Crippen LogP contribution in [0.4, 0.5) is 10.1 Å². The number of carbonyl (C=O) groups is 1. The van der Waals surface area contributed by atoms with Gasteiger partial charge in [0, 0.05) is 0 Å². The lowest BCUT2D eigenvalue weighted by Crippen LogP contribution is -2.39. The number of nitrogens with zero attached hydrogens (tertiary/aromatic N) is 2. The van der Waals surface area contributed by atoms with E-state index in [1.54, 1.807) is 24.3 Å². The molecule has 0 radical (unpaired) electrons. The number of para-hydroxylation sites is 1. The molecule has 24 heavy (non-hydrogen) atoms. The second-order valence-corrected chi connectivity index (χ2v) is 5.26. The van der Waals surface area contributed by atoms with Gasteiger partial charge in [-0.3, -0.25) is 4.79 Å². The van der Waals surface area contributed by atoms with Gasteiger partial charge in [-0.05, 0) is 30.3 Å². The van der Waals surface area contributed by atoms with Crippen LogP contribution in [0.15, 0.2) is 47.0 Å². The molecular weight excluding hydrogens is 335 g/mol. The second-order valence-electron chi connectivity index (χ2n) is 4.85. The predicted molar refractivity (Wildman–Crippen MR) is 85.9 cm³/mol. The van der Waals surface area contributed by atoms with Crippen molar-refractivity contribution in [1.82, 2.24) is 10.6 Å². The molecule has 1 unspecified atom stereocenters. The summed E-state index contributed by atoms with van der Waals surface area (Å²) in [6, 6.07) is 11.4. The lowest BCUT2D eigenvalue weighted by molar-refractivity contribution is 0.0962. The monoisotopic (exact) mass is 344 g/mol. The number of benzene rings is 2. The predicted octanol–water partition coefficient (Wildman–Crippen LogP) is 3.31. The number of anilines is 1. The lowest BCUT2D eigenvalue weighted by Gasteiger charge is -2.12. The summed E-state index contributed by atoms with van der Waals surface area (Å²) in [7, 11) is 0. The molecule has 2 N–H and O–H groups in total. The molecule has 2 aromatic carbocycles.